The van der Waals surface area contributed by atoms with E-state index in [1.807, 2.05) is 12.1 Å². The zero-order valence-corrected chi connectivity index (χ0v) is 14.5. The van der Waals surface area contributed by atoms with Gasteiger partial charge in [-0.15, -0.1) is 0 Å². The second kappa shape index (κ2) is 6.03. The van der Waals surface area contributed by atoms with E-state index in [9.17, 15) is 9.59 Å². The van der Waals surface area contributed by atoms with Gasteiger partial charge in [0.25, 0.3) is 0 Å². The van der Waals surface area contributed by atoms with Gasteiger partial charge < -0.3 is 9.97 Å². The molecule has 0 unspecified atom stereocenters. The zero-order valence-electron chi connectivity index (χ0n) is 12.9. The minimum absolute atomic E-state index is 0.598. The molecule has 2 heterocycles. The van der Waals surface area contributed by atoms with Crippen molar-refractivity contribution in [3.8, 4) is 0 Å². The Morgan fingerprint density at radius 1 is 1.04 bits per heavy atom. The van der Waals surface area contributed by atoms with Crippen molar-refractivity contribution in [2.75, 3.05) is 6.54 Å². The maximum Gasteiger partial charge on any atom is 0.314 e. The summed E-state index contributed by atoms with van der Waals surface area (Å²) in [6, 6.07) is 12.3. The van der Waals surface area contributed by atoms with Gasteiger partial charge in [-0.25, -0.2) is 0 Å². The van der Waals surface area contributed by atoms with Gasteiger partial charge in [-0.1, -0.05) is 46.3 Å². The molecule has 1 aromatic heterocycles. The van der Waals surface area contributed by atoms with Gasteiger partial charge in [-0.3, -0.25) is 14.5 Å². The minimum Gasteiger partial charge on any atom is -0.316 e. The molecule has 24 heavy (non-hydrogen) atoms. The molecule has 0 atom stereocenters. The van der Waals surface area contributed by atoms with Crippen molar-refractivity contribution in [1.82, 2.24) is 14.9 Å². The van der Waals surface area contributed by atoms with E-state index in [0.29, 0.717) is 5.52 Å². The summed E-state index contributed by atoms with van der Waals surface area (Å²) in [6.07, 6.45) is 0.833. The first-order valence-electron chi connectivity index (χ1n) is 7.84. The van der Waals surface area contributed by atoms with Crippen LogP contribution in [0.25, 0.3) is 11.0 Å². The number of H-pyrrole nitrogens is 2. The van der Waals surface area contributed by atoms with Crippen LogP contribution in [0.15, 0.2) is 50.5 Å². The molecular formula is C18H16BrN3O2. The predicted molar refractivity (Wildman–Crippen MR) is 97.1 cm³/mol. The predicted octanol–water partition coefficient (Wildman–Crippen LogP) is 2.54. The fraction of sp³-hybridized carbons (Fsp3) is 0.222. The third-order valence-electron chi connectivity index (χ3n) is 4.50. The van der Waals surface area contributed by atoms with Crippen molar-refractivity contribution in [3.63, 3.8) is 0 Å². The number of aromatic amines is 2. The van der Waals surface area contributed by atoms with Gasteiger partial charge >= 0.3 is 11.1 Å². The number of nitrogens with one attached hydrogen (secondary N) is 2. The van der Waals surface area contributed by atoms with E-state index in [1.165, 1.54) is 11.1 Å². The van der Waals surface area contributed by atoms with Crippen LogP contribution in [0.3, 0.4) is 0 Å². The molecule has 0 spiro atoms. The van der Waals surface area contributed by atoms with E-state index in [4.69, 9.17) is 0 Å². The Hall–Kier alpha value is -2.18. The molecule has 6 heteroatoms. The quantitative estimate of drug-likeness (QED) is 0.666. The van der Waals surface area contributed by atoms with E-state index in [2.05, 4.69) is 55.1 Å². The molecule has 3 aromatic rings. The number of nitrogens with zero attached hydrogens (tertiary/aromatic N) is 1. The molecule has 0 saturated heterocycles. The summed E-state index contributed by atoms with van der Waals surface area (Å²) in [5, 5.41) is 0. The first-order valence-corrected chi connectivity index (χ1v) is 8.64. The molecule has 0 saturated carbocycles. The van der Waals surface area contributed by atoms with Crippen molar-refractivity contribution < 1.29 is 0 Å². The van der Waals surface area contributed by atoms with E-state index in [1.54, 1.807) is 0 Å². The number of benzene rings is 2. The van der Waals surface area contributed by atoms with Crippen LogP contribution in [-0.2, 0) is 19.5 Å². The summed E-state index contributed by atoms with van der Waals surface area (Å²) in [5.74, 6) is 0. The summed E-state index contributed by atoms with van der Waals surface area (Å²) in [4.78, 5) is 31.0. The molecule has 0 amide bonds. The smallest absolute Gasteiger partial charge is 0.314 e. The van der Waals surface area contributed by atoms with Crippen molar-refractivity contribution >= 4 is 27.0 Å². The van der Waals surface area contributed by atoms with Crippen molar-refractivity contribution in [2.45, 2.75) is 19.5 Å². The fourth-order valence-electron chi connectivity index (χ4n) is 3.33. The molecule has 0 bridgehead atoms. The fourth-order valence-corrected chi connectivity index (χ4v) is 3.92. The van der Waals surface area contributed by atoms with E-state index >= 15 is 0 Å². The van der Waals surface area contributed by atoms with E-state index in [0.717, 1.165) is 41.6 Å². The van der Waals surface area contributed by atoms with Crippen LogP contribution in [0.4, 0.5) is 0 Å². The highest BCUT2D eigenvalue weighted by Gasteiger charge is 2.22. The third-order valence-corrected chi connectivity index (χ3v) is 5.20. The summed E-state index contributed by atoms with van der Waals surface area (Å²) in [6.45, 7) is 2.61. The Balaban J connectivity index is 1.73. The van der Waals surface area contributed by atoms with E-state index < -0.39 is 11.1 Å². The lowest BCUT2D eigenvalue weighted by Crippen LogP contribution is -2.33. The lowest BCUT2D eigenvalue weighted by Gasteiger charge is -2.30. The van der Waals surface area contributed by atoms with Gasteiger partial charge in [0.1, 0.15) is 0 Å². The molecular weight excluding hydrogens is 370 g/mol. The third kappa shape index (κ3) is 2.72. The molecule has 0 aliphatic carbocycles. The summed E-state index contributed by atoms with van der Waals surface area (Å²) in [5.41, 5.74) is 3.77. The Kier molecular flexibility index (Phi) is 3.86. The highest BCUT2D eigenvalue weighted by molar-refractivity contribution is 9.10. The number of aromatic nitrogens is 2. The van der Waals surface area contributed by atoms with Gasteiger partial charge in [-0.2, -0.15) is 0 Å². The van der Waals surface area contributed by atoms with Gasteiger partial charge in [-0.05, 0) is 29.2 Å². The average Bonchev–Trinajstić information content (AvgIpc) is 2.58. The van der Waals surface area contributed by atoms with Crippen LogP contribution in [0, 0.1) is 0 Å². The number of halogens is 1. The lowest BCUT2D eigenvalue weighted by molar-refractivity contribution is 0.245. The summed E-state index contributed by atoms with van der Waals surface area (Å²) >= 11 is 3.62. The number of fused-ring (bicyclic) bond motifs is 3. The van der Waals surface area contributed by atoms with Crippen molar-refractivity contribution in [3.05, 3.63) is 78.3 Å². The monoisotopic (exact) mass is 385 g/mol. The highest BCUT2D eigenvalue weighted by atomic mass is 79.9. The minimum atomic E-state index is -0.615. The molecule has 1 aliphatic rings. The van der Waals surface area contributed by atoms with Crippen LogP contribution in [0.2, 0.25) is 0 Å². The zero-order chi connectivity index (χ0) is 16.7. The average molecular weight is 386 g/mol. The maximum absolute atomic E-state index is 11.7. The molecule has 0 fully saturated rings. The van der Waals surface area contributed by atoms with Gasteiger partial charge in [0, 0.05) is 24.1 Å². The first kappa shape index (κ1) is 15.4. The first-order chi connectivity index (χ1) is 11.6. The molecule has 5 nitrogen and oxygen atoms in total. The van der Waals surface area contributed by atoms with Crippen molar-refractivity contribution in [1.29, 1.82) is 0 Å². The highest BCUT2D eigenvalue weighted by Crippen LogP contribution is 2.31. The maximum atomic E-state index is 11.7. The second-order valence-electron chi connectivity index (χ2n) is 6.09. The van der Waals surface area contributed by atoms with E-state index in [-0.39, 0.29) is 0 Å². The standard InChI is InChI=1S/C18H16BrN3O2/c19-14-8-15-16(21-18(24)17(23)20-15)12-6-7-22(10-13(12)14)9-11-4-2-1-3-5-11/h1-5,8H,6-7,9-10H2,(H,20,23)(H,21,24). The molecule has 2 aromatic carbocycles. The Morgan fingerprint density at radius 3 is 2.58 bits per heavy atom. The number of hydrogen-bond acceptors (Lipinski definition) is 3. The van der Waals surface area contributed by atoms with Crippen LogP contribution in [-0.4, -0.2) is 21.4 Å². The molecule has 0 radical (unpaired) electrons. The van der Waals surface area contributed by atoms with Crippen molar-refractivity contribution in [2.24, 2.45) is 0 Å². The summed E-state index contributed by atoms with van der Waals surface area (Å²) < 4.78 is 0.963. The molecule has 4 rings (SSSR count). The van der Waals surface area contributed by atoms with Gasteiger partial charge in [0.05, 0.1) is 11.0 Å². The second-order valence-corrected chi connectivity index (χ2v) is 6.95. The molecule has 1 aliphatic heterocycles. The SMILES string of the molecule is O=c1[nH]c2cc(Br)c3c(c2[nH]c1=O)CCN(Cc1ccccc1)C3. The van der Waals surface area contributed by atoms with Gasteiger partial charge in [0.15, 0.2) is 0 Å². The van der Waals surface area contributed by atoms with Gasteiger partial charge in [0.2, 0.25) is 0 Å². The van der Waals surface area contributed by atoms with Crippen LogP contribution in [0.5, 0.6) is 0 Å². The van der Waals surface area contributed by atoms with Crippen LogP contribution in [0.1, 0.15) is 16.7 Å². The largest absolute Gasteiger partial charge is 0.316 e. The topological polar surface area (TPSA) is 69.0 Å². The number of rotatable bonds is 2. The Morgan fingerprint density at radius 2 is 1.79 bits per heavy atom. The molecule has 2 N–H and O–H groups in total. The lowest BCUT2D eigenvalue weighted by atomic mass is 9.97. The Bertz CT molecular complexity index is 1020. The van der Waals surface area contributed by atoms with Crippen LogP contribution >= 0.6 is 15.9 Å². The normalized spacial score (nSPS) is 14.7. The van der Waals surface area contributed by atoms with Crippen LogP contribution < -0.4 is 11.1 Å². The number of hydrogen-bond donors (Lipinski definition) is 2. The molecule has 122 valence electrons. The summed E-state index contributed by atoms with van der Waals surface area (Å²) in [7, 11) is 0. The Labute approximate surface area is 146 Å².